The van der Waals surface area contributed by atoms with Crippen molar-refractivity contribution in [2.75, 3.05) is 19.7 Å². The number of aromatic nitrogens is 3. The number of hydrogen-bond donors (Lipinski definition) is 1. The van der Waals surface area contributed by atoms with Crippen LogP contribution in [0.15, 0.2) is 33.3 Å². The summed E-state index contributed by atoms with van der Waals surface area (Å²) in [5.41, 5.74) is 2.69. The van der Waals surface area contributed by atoms with Crippen LogP contribution in [0.4, 0.5) is 0 Å². The van der Waals surface area contributed by atoms with Crippen LogP contribution in [0, 0.1) is 6.92 Å². The molecule has 8 heteroatoms. The predicted molar refractivity (Wildman–Crippen MR) is 96.6 cm³/mol. The summed E-state index contributed by atoms with van der Waals surface area (Å²) in [4.78, 5) is 14.6. The summed E-state index contributed by atoms with van der Waals surface area (Å²) in [6, 6.07) is 5.23. The third-order valence-electron chi connectivity index (χ3n) is 4.76. The van der Waals surface area contributed by atoms with Gasteiger partial charge in [0.2, 0.25) is 0 Å². The number of furan rings is 1. The number of amides is 1. The fourth-order valence-electron chi connectivity index (χ4n) is 3.50. The van der Waals surface area contributed by atoms with Crippen LogP contribution >= 0.6 is 0 Å². The van der Waals surface area contributed by atoms with Crippen molar-refractivity contribution in [2.24, 2.45) is 0 Å². The molecule has 1 aliphatic heterocycles. The fraction of sp³-hybridized carbons (Fsp3) is 0.421. The summed E-state index contributed by atoms with van der Waals surface area (Å²) in [5.74, 6) is 1.38. The van der Waals surface area contributed by atoms with E-state index in [0.29, 0.717) is 37.2 Å². The van der Waals surface area contributed by atoms with Crippen molar-refractivity contribution in [1.29, 1.82) is 0 Å². The van der Waals surface area contributed by atoms with E-state index >= 15 is 0 Å². The number of aryl methyl sites for hydroxylation is 1. The van der Waals surface area contributed by atoms with Gasteiger partial charge < -0.3 is 18.6 Å². The van der Waals surface area contributed by atoms with Crippen molar-refractivity contribution in [1.82, 2.24) is 20.3 Å². The molecule has 0 bridgehead atoms. The van der Waals surface area contributed by atoms with E-state index in [-0.39, 0.29) is 11.8 Å². The first kappa shape index (κ1) is 17.4. The maximum absolute atomic E-state index is 12.8. The number of H-pyrrole nitrogens is 1. The fourth-order valence-corrected chi connectivity index (χ4v) is 3.50. The highest BCUT2D eigenvalue weighted by Crippen LogP contribution is 2.34. The normalized spacial score (nSPS) is 17.3. The molecule has 0 saturated carbocycles. The van der Waals surface area contributed by atoms with Crippen molar-refractivity contribution >= 4 is 5.91 Å². The Kier molecular flexibility index (Phi) is 4.70. The highest BCUT2D eigenvalue weighted by Gasteiger charge is 2.30. The predicted octanol–water partition coefficient (Wildman–Crippen LogP) is 3.38. The molecule has 1 fully saturated rings. The Morgan fingerprint density at radius 3 is 3.11 bits per heavy atom. The Balaban J connectivity index is 1.52. The lowest BCUT2D eigenvalue weighted by molar-refractivity contribution is 0.0666. The Morgan fingerprint density at radius 1 is 1.44 bits per heavy atom. The zero-order valence-corrected chi connectivity index (χ0v) is 15.4. The first-order chi connectivity index (χ1) is 13.2. The SMILES string of the molecule is CCOc1ccc(C(=O)N2CCC[C@@H](c3[nH]ncc3-c3cc(C)no3)C2)o1. The van der Waals surface area contributed by atoms with Crippen molar-refractivity contribution in [3.63, 3.8) is 0 Å². The summed E-state index contributed by atoms with van der Waals surface area (Å²) in [7, 11) is 0. The third-order valence-corrected chi connectivity index (χ3v) is 4.76. The number of carbonyl (C=O) groups is 1. The van der Waals surface area contributed by atoms with E-state index in [2.05, 4.69) is 15.4 Å². The van der Waals surface area contributed by atoms with Gasteiger partial charge in [-0.25, -0.2) is 0 Å². The minimum atomic E-state index is -0.123. The topological polar surface area (TPSA) is 97.4 Å². The van der Waals surface area contributed by atoms with Crippen LogP contribution in [0.3, 0.4) is 0 Å². The lowest BCUT2D eigenvalue weighted by atomic mass is 9.92. The zero-order valence-electron chi connectivity index (χ0n) is 15.4. The molecule has 0 aliphatic carbocycles. The summed E-state index contributed by atoms with van der Waals surface area (Å²) in [6.45, 7) is 5.54. The summed E-state index contributed by atoms with van der Waals surface area (Å²) in [6.07, 6.45) is 3.62. The molecule has 1 N–H and O–H groups in total. The molecule has 4 rings (SSSR count). The summed E-state index contributed by atoms with van der Waals surface area (Å²) < 4.78 is 16.2. The van der Waals surface area contributed by atoms with Crippen molar-refractivity contribution in [3.8, 4) is 17.3 Å². The molecule has 0 aromatic carbocycles. The largest absolute Gasteiger partial charge is 0.465 e. The number of aromatic amines is 1. The van der Waals surface area contributed by atoms with E-state index < -0.39 is 0 Å². The van der Waals surface area contributed by atoms with Crippen LogP contribution in [0.25, 0.3) is 11.3 Å². The number of ether oxygens (including phenoxy) is 1. The number of piperidine rings is 1. The van der Waals surface area contributed by atoms with Gasteiger partial charge in [-0.1, -0.05) is 5.16 Å². The molecule has 0 spiro atoms. The van der Waals surface area contributed by atoms with E-state index in [0.717, 1.165) is 29.8 Å². The van der Waals surface area contributed by atoms with Gasteiger partial charge in [0.05, 0.1) is 29.8 Å². The smallest absolute Gasteiger partial charge is 0.289 e. The number of hydrogen-bond acceptors (Lipinski definition) is 6. The third kappa shape index (κ3) is 3.47. The maximum Gasteiger partial charge on any atom is 0.289 e. The molecule has 3 aromatic heterocycles. The molecule has 4 heterocycles. The van der Waals surface area contributed by atoms with Crippen LogP contribution < -0.4 is 4.74 Å². The van der Waals surface area contributed by atoms with Gasteiger partial charge in [0.15, 0.2) is 11.5 Å². The second-order valence-electron chi connectivity index (χ2n) is 6.67. The molecular weight excluding hydrogens is 348 g/mol. The first-order valence-corrected chi connectivity index (χ1v) is 9.14. The van der Waals surface area contributed by atoms with E-state index in [4.69, 9.17) is 13.7 Å². The number of nitrogens with one attached hydrogen (secondary N) is 1. The van der Waals surface area contributed by atoms with Crippen LogP contribution in [0.1, 0.15) is 47.6 Å². The number of rotatable bonds is 5. The minimum Gasteiger partial charge on any atom is -0.465 e. The molecule has 1 atom stereocenters. The standard InChI is InChI=1S/C19H22N4O4/c1-3-25-17-7-6-15(26-17)19(24)23-8-4-5-13(11-23)18-14(10-20-21-18)16-9-12(2)22-27-16/h6-7,9-10,13H,3-5,8,11H2,1-2H3,(H,20,21)/t13-/m1/s1. The average molecular weight is 370 g/mol. The number of carbonyl (C=O) groups excluding carboxylic acids is 1. The Bertz CT molecular complexity index is 926. The van der Waals surface area contributed by atoms with E-state index in [9.17, 15) is 4.79 Å². The van der Waals surface area contributed by atoms with Gasteiger partial charge >= 0.3 is 0 Å². The molecule has 142 valence electrons. The average Bonchev–Trinajstić information content (AvgIpc) is 3.41. The number of nitrogens with zero attached hydrogens (tertiary/aromatic N) is 3. The molecule has 0 unspecified atom stereocenters. The van der Waals surface area contributed by atoms with Crippen LogP contribution in [0.2, 0.25) is 0 Å². The van der Waals surface area contributed by atoms with E-state index in [1.807, 2.05) is 24.8 Å². The molecule has 1 saturated heterocycles. The van der Waals surface area contributed by atoms with Gasteiger partial charge in [-0.15, -0.1) is 0 Å². The quantitative estimate of drug-likeness (QED) is 0.739. The molecule has 1 amide bonds. The molecule has 27 heavy (non-hydrogen) atoms. The summed E-state index contributed by atoms with van der Waals surface area (Å²) >= 11 is 0. The Morgan fingerprint density at radius 2 is 2.33 bits per heavy atom. The Hall–Kier alpha value is -3.03. The molecule has 0 radical (unpaired) electrons. The van der Waals surface area contributed by atoms with Gasteiger partial charge in [0, 0.05) is 31.1 Å². The zero-order chi connectivity index (χ0) is 18.8. The van der Waals surface area contributed by atoms with Gasteiger partial charge in [-0.05, 0) is 32.8 Å². The van der Waals surface area contributed by atoms with Gasteiger partial charge in [0.1, 0.15) is 0 Å². The number of likely N-dealkylation sites (tertiary alicyclic amines) is 1. The summed E-state index contributed by atoms with van der Waals surface area (Å²) in [5, 5.41) is 11.2. The second-order valence-corrected chi connectivity index (χ2v) is 6.67. The first-order valence-electron chi connectivity index (χ1n) is 9.14. The van der Waals surface area contributed by atoms with Crippen molar-refractivity contribution < 1.29 is 18.5 Å². The highest BCUT2D eigenvalue weighted by atomic mass is 16.6. The Labute approximate surface area is 156 Å². The van der Waals surface area contributed by atoms with Gasteiger partial charge in [-0.2, -0.15) is 5.10 Å². The van der Waals surface area contributed by atoms with Crippen molar-refractivity contribution in [2.45, 2.75) is 32.6 Å². The monoisotopic (exact) mass is 370 g/mol. The lowest BCUT2D eigenvalue weighted by Gasteiger charge is -2.32. The van der Waals surface area contributed by atoms with Crippen LogP contribution in [-0.4, -0.2) is 45.9 Å². The van der Waals surface area contributed by atoms with E-state index in [1.54, 1.807) is 18.3 Å². The lowest BCUT2D eigenvalue weighted by Crippen LogP contribution is -2.39. The highest BCUT2D eigenvalue weighted by molar-refractivity contribution is 5.91. The van der Waals surface area contributed by atoms with Crippen LogP contribution in [0.5, 0.6) is 5.95 Å². The second kappa shape index (κ2) is 7.30. The van der Waals surface area contributed by atoms with Gasteiger partial charge in [-0.3, -0.25) is 9.89 Å². The molecule has 3 aromatic rings. The molecular formula is C19H22N4O4. The van der Waals surface area contributed by atoms with Crippen LogP contribution in [-0.2, 0) is 0 Å². The van der Waals surface area contributed by atoms with Crippen molar-refractivity contribution in [3.05, 3.63) is 41.5 Å². The maximum atomic E-state index is 12.8. The molecule has 8 nitrogen and oxygen atoms in total. The molecule has 1 aliphatic rings. The van der Waals surface area contributed by atoms with Gasteiger partial charge in [0.25, 0.3) is 11.9 Å². The van der Waals surface area contributed by atoms with E-state index in [1.165, 1.54) is 0 Å². The minimum absolute atomic E-state index is 0.123.